The van der Waals surface area contributed by atoms with Crippen molar-refractivity contribution < 1.29 is 14.3 Å². The van der Waals surface area contributed by atoms with E-state index in [1.807, 2.05) is 6.92 Å². The van der Waals surface area contributed by atoms with E-state index in [4.69, 9.17) is 16.3 Å². The molecule has 0 aliphatic carbocycles. The fourth-order valence-electron chi connectivity index (χ4n) is 1.51. The van der Waals surface area contributed by atoms with Gasteiger partial charge in [-0.05, 0) is 18.0 Å². The van der Waals surface area contributed by atoms with Crippen molar-refractivity contribution in [3.05, 3.63) is 0 Å². The van der Waals surface area contributed by atoms with E-state index >= 15 is 0 Å². The normalized spacial score (nSPS) is 28.7. The third-order valence-corrected chi connectivity index (χ3v) is 2.33. The van der Waals surface area contributed by atoms with Crippen molar-refractivity contribution >= 4 is 22.8 Å². The first-order valence-corrected chi connectivity index (χ1v) is 4.38. The maximum absolute atomic E-state index is 11.0. The Kier molecular flexibility index (Phi) is 3.09. The predicted octanol–water partition coefficient (Wildman–Crippen LogP) is 1.34. The summed E-state index contributed by atoms with van der Waals surface area (Å²) >= 11 is 5.22. The molecular weight excluding hydrogens is 180 g/mol. The Labute approximate surface area is 76.0 Å². The largest absolute Gasteiger partial charge is 0.465 e. The van der Waals surface area contributed by atoms with Gasteiger partial charge in [-0.15, -0.1) is 0 Å². The summed E-state index contributed by atoms with van der Waals surface area (Å²) in [5, 5.41) is -0.392. The zero-order valence-corrected chi connectivity index (χ0v) is 7.63. The van der Waals surface area contributed by atoms with Gasteiger partial charge in [0.25, 0.3) is 0 Å². The highest BCUT2D eigenvalue weighted by molar-refractivity contribution is 6.63. The predicted molar refractivity (Wildman–Crippen MR) is 43.7 cm³/mol. The Morgan fingerprint density at radius 1 is 1.75 bits per heavy atom. The monoisotopic (exact) mass is 190 g/mol. The summed E-state index contributed by atoms with van der Waals surface area (Å²) in [6.45, 7) is 2.25. The maximum atomic E-state index is 11.0. The first-order chi connectivity index (χ1) is 5.65. The van der Waals surface area contributed by atoms with E-state index in [0.717, 1.165) is 0 Å². The number of hydrogen-bond acceptors (Lipinski definition) is 3. The average molecular weight is 191 g/mol. The lowest BCUT2D eigenvalue weighted by molar-refractivity contribution is -0.141. The van der Waals surface area contributed by atoms with Crippen LogP contribution in [0.25, 0.3) is 0 Å². The fourth-order valence-corrected chi connectivity index (χ4v) is 1.71. The minimum atomic E-state index is -0.392. The van der Waals surface area contributed by atoms with Crippen LogP contribution in [0.4, 0.5) is 0 Å². The van der Waals surface area contributed by atoms with Crippen molar-refractivity contribution in [2.45, 2.75) is 19.8 Å². The first-order valence-electron chi connectivity index (χ1n) is 4.00. The number of halogens is 1. The van der Waals surface area contributed by atoms with Crippen LogP contribution in [0.15, 0.2) is 0 Å². The first kappa shape index (κ1) is 9.52. The minimum Gasteiger partial charge on any atom is -0.465 e. The summed E-state index contributed by atoms with van der Waals surface area (Å²) < 4.78 is 4.82. The van der Waals surface area contributed by atoms with E-state index in [-0.39, 0.29) is 24.2 Å². The number of cyclic esters (lactones) is 1. The molecule has 2 unspecified atom stereocenters. The molecule has 1 aliphatic rings. The third-order valence-electron chi connectivity index (χ3n) is 2.17. The number of rotatable bonds is 3. The van der Waals surface area contributed by atoms with E-state index < -0.39 is 5.24 Å². The van der Waals surface area contributed by atoms with Crippen LogP contribution in [0.1, 0.15) is 19.8 Å². The maximum Gasteiger partial charge on any atom is 0.309 e. The molecule has 0 N–H and O–H groups in total. The number of esters is 1. The molecule has 0 bridgehead atoms. The van der Waals surface area contributed by atoms with E-state index in [2.05, 4.69) is 0 Å². The van der Waals surface area contributed by atoms with Crippen LogP contribution >= 0.6 is 11.6 Å². The quantitative estimate of drug-likeness (QED) is 0.498. The van der Waals surface area contributed by atoms with Gasteiger partial charge >= 0.3 is 5.97 Å². The number of carbonyl (C=O) groups excluding carboxylic acids is 2. The van der Waals surface area contributed by atoms with Crippen LogP contribution in [0.3, 0.4) is 0 Å². The smallest absolute Gasteiger partial charge is 0.309 e. The molecule has 1 heterocycles. The van der Waals surface area contributed by atoms with Crippen LogP contribution in [-0.2, 0) is 14.3 Å². The minimum absolute atomic E-state index is 0.00694. The zero-order chi connectivity index (χ0) is 9.14. The highest BCUT2D eigenvalue weighted by Gasteiger charge is 2.36. The number of carbonyl (C=O) groups is 2. The van der Waals surface area contributed by atoms with Crippen molar-refractivity contribution in [1.82, 2.24) is 0 Å². The second-order valence-electron chi connectivity index (χ2n) is 2.96. The molecule has 0 radical (unpaired) electrons. The van der Waals surface area contributed by atoms with E-state index in [0.29, 0.717) is 13.0 Å². The number of ether oxygens (including phenoxy) is 1. The molecule has 1 saturated heterocycles. The van der Waals surface area contributed by atoms with E-state index in [1.165, 1.54) is 0 Å². The van der Waals surface area contributed by atoms with E-state index in [1.54, 1.807) is 0 Å². The third kappa shape index (κ3) is 1.97. The van der Waals surface area contributed by atoms with Gasteiger partial charge in [-0.1, -0.05) is 6.92 Å². The van der Waals surface area contributed by atoms with Gasteiger partial charge in [0.1, 0.15) is 0 Å². The highest BCUT2D eigenvalue weighted by Crippen LogP contribution is 2.28. The van der Waals surface area contributed by atoms with Gasteiger partial charge in [-0.2, -0.15) is 0 Å². The average Bonchev–Trinajstić information content (AvgIpc) is 2.30. The number of hydrogen-bond donors (Lipinski definition) is 0. The molecule has 4 heteroatoms. The SMILES string of the molecule is CCC1C(=O)OCC1CC(=O)Cl. The Morgan fingerprint density at radius 2 is 2.42 bits per heavy atom. The van der Waals surface area contributed by atoms with Gasteiger partial charge in [0.2, 0.25) is 5.24 Å². The van der Waals surface area contributed by atoms with Crippen LogP contribution < -0.4 is 0 Å². The molecule has 0 aromatic carbocycles. The molecule has 1 fully saturated rings. The lowest BCUT2D eigenvalue weighted by Crippen LogP contribution is -2.16. The molecule has 1 rings (SSSR count). The molecule has 0 aromatic rings. The molecule has 68 valence electrons. The molecule has 0 aromatic heterocycles. The van der Waals surface area contributed by atoms with Gasteiger partial charge in [-0.3, -0.25) is 9.59 Å². The Hall–Kier alpha value is -0.570. The van der Waals surface area contributed by atoms with Gasteiger partial charge in [-0.25, -0.2) is 0 Å². The van der Waals surface area contributed by atoms with Crippen molar-refractivity contribution in [2.75, 3.05) is 6.61 Å². The van der Waals surface area contributed by atoms with Gasteiger partial charge in [0, 0.05) is 12.3 Å². The second kappa shape index (κ2) is 3.90. The summed E-state index contributed by atoms with van der Waals surface area (Å²) in [4.78, 5) is 21.6. The van der Waals surface area contributed by atoms with Crippen LogP contribution in [0.5, 0.6) is 0 Å². The summed E-state index contributed by atoms with van der Waals surface area (Å²) in [7, 11) is 0. The Bertz CT molecular complexity index is 202. The molecular formula is C8H11ClO3. The Balaban J connectivity index is 2.54. The van der Waals surface area contributed by atoms with Crippen LogP contribution in [0.2, 0.25) is 0 Å². The van der Waals surface area contributed by atoms with Gasteiger partial charge in [0.15, 0.2) is 0 Å². The van der Waals surface area contributed by atoms with Crippen LogP contribution in [0, 0.1) is 11.8 Å². The molecule has 12 heavy (non-hydrogen) atoms. The summed E-state index contributed by atoms with van der Waals surface area (Å²) in [5.41, 5.74) is 0. The lowest BCUT2D eigenvalue weighted by atomic mass is 9.91. The molecule has 2 atom stereocenters. The standard InChI is InChI=1S/C8H11ClO3/c1-2-6-5(3-7(9)10)4-12-8(6)11/h5-6H,2-4H2,1H3. The van der Waals surface area contributed by atoms with Crippen molar-refractivity contribution in [2.24, 2.45) is 11.8 Å². The van der Waals surface area contributed by atoms with Gasteiger partial charge < -0.3 is 4.74 Å². The summed E-state index contributed by atoms with van der Waals surface area (Å²) in [6.07, 6.45) is 0.958. The van der Waals surface area contributed by atoms with Crippen molar-refractivity contribution in [1.29, 1.82) is 0 Å². The summed E-state index contributed by atoms with van der Waals surface area (Å²) in [6, 6.07) is 0. The zero-order valence-electron chi connectivity index (χ0n) is 6.88. The molecule has 0 amide bonds. The molecule has 0 saturated carbocycles. The molecule has 3 nitrogen and oxygen atoms in total. The Morgan fingerprint density at radius 3 is 2.92 bits per heavy atom. The van der Waals surface area contributed by atoms with Gasteiger partial charge in [0.05, 0.1) is 12.5 Å². The van der Waals surface area contributed by atoms with E-state index in [9.17, 15) is 9.59 Å². The van der Waals surface area contributed by atoms with Crippen LogP contribution in [-0.4, -0.2) is 17.8 Å². The molecule has 0 spiro atoms. The van der Waals surface area contributed by atoms with Crippen molar-refractivity contribution in [3.8, 4) is 0 Å². The fraction of sp³-hybridized carbons (Fsp3) is 0.750. The van der Waals surface area contributed by atoms with Crippen molar-refractivity contribution in [3.63, 3.8) is 0 Å². The summed E-state index contributed by atoms with van der Waals surface area (Å²) in [5.74, 6) is -0.333. The highest BCUT2D eigenvalue weighted by atomic mass is 35.5. The topological polar surface area (TPSA) is 43.4 Å². The molecule has 1 aliphatic heterocycles. The lowest BCUT2D eigenvalue weighted by Gasteiger charge is -2.09. The second-order valence-corrected chi connectivity index (χ2v) is 3.39.